The van der Waals surface area contributed by atoms with Crippen molar-refractivity contribution in [2.45, 2.75) is 52.4 Å². The Morgan fingerprint density at radius 1 is 0.685 bits per heavy atom. The monoisotopic (exact) mass is 880 g/mol. The Labute approximate surface area is 329 Å². The Morgan fingerprint density at radius 2 is 1.43 bits per heavy atom. The van der Waals surface area contributed by atoms with Crippen LogP contribution in [0.5, 0.6) is 11.5 Å². The van der Waals surface area contributed by atoms with E-state index in [1.807, 2.05) is 24.4 Å². The van der Waals surface area contributed by atoms with Gasteiger partial charge in [-0.1, -0.05) is 117 Å². The fourth-order valence-electron chi connectivity index (χ4n) is 9.37. The Bertz CT molecular complexity index is 2880. The molecule has 0 saturated heterocycles. The van der Waals surface area contributed by atoms with Crippen LogP contribution in [0, 0.1) is 26.0 Å². The van der Waals surface area contributed by atoms with Crippen LogP contribution in [-0.4, -0.2) is 21.4 Å². The zero-order valence-corrected chi connectivity index (χ0v) is 33.2. The molecule has 0 fully saturated rings. The van der Waals surface area contributed by atoms with Gasteiger partial charge in [0.15, 0.2) is 0 Å². The minimum absolute atomic E-state index is 0. The van der Waals surface area contributed by atoms with E-state index in [-0.39, 0.29) is 38.9 Å². The predicted octanol–water partition coefficient (Wildman–Crippen LogP) is 10.3. The number of para-hydroxylation sites is 2. The van der Waals surface area contributed by atoms with E-state index < -0.39 is 0 Å². The first-order valence-electron chi connectivity index (χ1n) is 18.4. The van der Waals surface area contributed by atoms with Crippen LogP contribution in [0.15, 0.2) is 109 Å². The zero-order valence-electron chi connectivity index (χ0n) is 30.9. The smallest absolute Gasteiger partial charge is 0.503 e. The Morgan fingerprint density at radius 3 is 2.26 bits per heavy atom. The van der Waals surface area contributed by atoms with Gasteiger partial charge >= 0.3 is 28.0 Å². The molecule has 6 nitrogen and oxygen atoms in total. The number of imidazole rings is 1. The van der Waals surface area contributed by atoms with Crippen molar-refractivity contribution >= 4 is 62.6 Å². The fourth-order valence-corrected chi connectivity index (χ4v) is 9.37. The molecule has 3 aliphatic rings. The van der Waals surface area contributed by atoms with Gasteiger partial charge in [0.05, 0.1) is 5.65 Å². The number of hydrogen-bond acceptors (Lipinski definition) is 5. The zero-order chi connectivity index (χ0) is 36.0. The summed E-state index contributed by atoms with van der Waals surface area (Å²) in [6.07, 6.45) is 3.94. The Kier molecular flexibility index (Phi) is 6.96. The number of rotatable bonds is 3. The summed E-state index contributed by atoms with van der Waals surface area (Å²) in [5.41, 5.74) is 13.6. The molecule has 0 amide bonds. The normalized spacial score (nSPS) is 15.6. The first kappa shape index (κ1) is 33.2. The first-order valence-corrected chi connectivity index (χ1v) is 18.4. The van der Waals surface area contributed by atoms with Crippen LogP contribution in [0.1, 0.15) is 50.1 Å². The van der Waals surface area contributed by atoms with Crippen molar-refractivity contribution in [3.05, 3.63) is 144 Å². The second-order valence-corrected chi connectivity index (χ2v) is 15.8. The molecule has 5 aromatic carbocycles. The number of aryl methyl sites for hydroxylation is 2. The molecule has 11 rings (SSSR count). The van der Waals surface area contributed by atoms with Crippen LogP contribution in [-0.2, 0) is 31.9 Å². The van der Waals surface area contributed by atoms with Crippen LogP contribution in [0.4, 0.5) is 22.9 Å². The number of pyridine rings is 2. The van der Waals surface area contributed by atoms with Crippen LogP contribution in [0.3, 0.4) is 0 Å². The van der Waals surface area contributed by atoms with Crippen LogP contribution in [0.2, 0.25) is 0 Å². The maximum Gasteiger partial charge on any atom is 2.00 e. The van der Waals surface area contributed by atoms with Gasteiger partial charge in [-0.05, 0) is 59.1 Å². The fraction of sp³-hybridized carbons (Fsp3) is 0.174. The summed E-state index contributed by atoms with van der Waals surface area (Å²) >= 11 is 0. The Balaban J connectivity index is 0.00000361. The number of hydrogen-bond donors (Lipinski definition) is 0. The molecule has 3 aliphatic heterocycles. The molecule has 0 unspecified atom stereocenters. The molecular weight excluding hydrogens is 844 g/mol. The van der Waals surface area contributed by atoms with Crippen molar-refractivity contribution in [2.24, 2.45) is 0 Å². The van der Waals surface area contributed by atoms with Gasteiger partial charge in [-0.25, -0.2) is 4.98 Å². The standard InChI is InChI=1S/C46H36BN5O.Pt/c1-27-12-9-13-28(2)41(27)51-38-22-20-30(25-39(38)52-44-34(16-11-23-48-44)32-14-7-8-18-37(32)47(51)52)53-29-19-21-31-33-15-10-17-36-42(33)50-40(46(5,6)45(36,3)4)26-49-43(50)35(31)24-29;/h7-23,26H,1-6H3;/q-2;+2. The molecule has 0 radical (unpaired) electrons. The molecule has 0 atom stereocenters. The number of nitrogens with zero attached hydrogens (tertiary/aromatic N) is 5. The van der Waals surface area contributed by atoms with E-state index >= 15 is 0 Å². The first-order chi connectivity index (χ1) is 25.6. The minimum atomic E-state index is -0.143. The molecule has 0 bridgehead atoms. The third kappa shape index (κ3) is 4.16. The van der Waals surface area contributed by atoms with Gasteiger partial charge in [0.1, 0.15) is 5.82 Å². The number of benzene rings is 5. The van der Waals surface area contributed by atoms with Crippen molar-refractivity contribution in [1.29, 1.82) is 0 Å². The molecule has 8 heteroatoms. The predicted molar refractivity (Wildman–Crippen MR) is 216 cm³/mol. The second kappa shape index (κ2) is 11.3. The third-order valence-electron chi connectivity index (χ3n) is 12.6. The Hall–Kier alpha value is -5.39. The minimum Gasteiger partial charge on any atom is -0.503 e. The summed E-state index contributed by atoms with van der Waals surface area (Å²) in [5, 5.41) is 3.27. The van der Waals surface area contributed by atoms with E-state index in [0.29, 0.717) is 11.5 Å². The van der Waals surface area contributed by atoms with Crippen molar-refractivity contribution in [3.63, 3.8) is 0 Å². The summed E-state index contributed by atoms with van der Waals surface area (Å²) < 4.78 is 9.07. The number of fused-ring (bicyclic) bond motifs is 11. The van der Waals surface area contributed by atoms with E-state index in [0.717, 1.165) is 39.2 Å². The quantitative estimate of drug-likeness (QED) is 0.101. The number of ether oxygens (including phenoxy) is 1. The maximum atomic E-state index is 6.70. The topological polar surface area (TPSA) is 45.9 Å². The molecule has 0 aliphatic carbocycles. The summed E-state index contributed by atoms with van der Waals surface area (Å²) in [6, 6.07) is 41.8. The van der Waals surface area contributed by atoms with Crippen LogP contribution >= 0.6 is 0 Å². The van der Waals surface area contributed by atoms with Crippen molar-refractivity contribution in [1.82, 2.24) is 14.4 Å². The summed E-state index contributed by atoms with van der Waals surface area (Å²) in [7, 11) is 0. The molecule has 0 N–H and O–H groups in total. The van der Waals surface area contributed by atoms with Crippen molar-refractivity contribution in [3.8, 4) is 22.6 Å². The molecule has 3 aromatic heterocycles. The SMILES string of the molecule is Cc1cccc(C)c1N1B2c3ccccc3-c3cccnc3N2c2[c-]c(Oc3[c-]c4c(cc3)c3cccc5c3n3c(cnc43)C(C)(C)C5(C)C)ccc21.[Pt+2]. The van der Waals surface area contributed by atoms with E-state index in [9.17, 15) is 0 Å². The number of aromatic nitrogens is 3. The van der Waals surface area contributed by atoms with Crippen molar-refractivity contribution in [2.75, 3.05) is 9.62 Å². The van der Waals surface area contributed by atoms with Gasteiger partial charge in [-0.15, -0.1) is 30.3 Å². The summed E-state index contributed by atoms with van der Waals surface area (Å²) in [5.74, 6) is 2.15. The molecule has 264 valence electrons. The van der Waals surface area contributed by atoms with E-state index in [2.05, 4.69) is 153 Å². The van der Waals surface area contributed by atoms with E-state index in [4.69, 9.17) is 14.7 Å². The maximum absolute atomic E-state index is 6.70. The number of anilines is 4. The van der Waals surface area contributed by atoms with Gasteiger partial charge in [-0.3, -0.25) is 4.98 Å². The largest absolute Gasteiger partial charge is 2.00 e. The summed E-state index contributed by atoms with van der Waals surface area (Å²) in [4.78, 5) is 14.8. The molecule has 8 aromatic rings. The molecule has 0 spiro atoms. The average Bonchev–Trinajstić information content (AvgIpc) is 3.76. The van der Waals surface area contributed by atoms with Gasteiger partial charge in [0, 0.05) is 57.2 Å². The van der Waals surface area contributed by atoms with Gasteiger partial charge in [-0.2, -0.15) is 0 Å². The van der Waals surface area contributed by atoms with E-state index in [1.165, 1.54) is 50.0 Å². The second-order valence-electron chi connectivity index (χ2n) is 15.8. The molecular formula is C46H36BN5OPt. The molecule has 6 heterocycles. The summed E-state index contributed by atoms with van der Waals surface area (Å²) in [6.45, 7) is 13.6. The van der Waals surface area contributed by atoms with Crippen LogP contribution in [0.25, 0.3) is 38.4 Å². The van der Waals surface area contributed by atoms with E-state index in [1.54, 1.807) is 0 Å². The van der Waals surface area contributed by atoms with Crippen LogP contribution < -0.4 is 19.8 Å². The average molecular weight is 881 g/mol. The molecule has 0 saturated carbocycles. The van der Waals surface area contributed by atoms with Gasteiger partial charge in [0.2, 0.25) is 0 Å². The molecule has 54 heavy (non-hydrogen) atoms. The third-order valence-corrected chi connectivity index (χ3v) is 12.6. The van der Waals surface area contributed by atoms with Gasteiger partial charge < -0.3 is 18.8 Å². The van der Waals surface area contributed by atoms with Gasteiger partial charge in [0.25, 0.3) is 0 Å². The van der Waals surface area contributed by atoms with Crippen molar-refractivity contribution < 1.29 is 25.8 Å².